The van der Waals surface area contributed by atoms with E-state index >= 15 is 0 Å². The standard InChI is InChI=1S/C14H15N5O3/c1-2-21-8-12-18-13(22-19-12)7-17-14(20)10-5-15-6-11-9(10)3-4-16-11/h3-6,16H,2,7-8H2,1H3,(H,17,20). The first-order chi connectivity index (χ1) is 10.8. The molecule has 0 radical (unpaired) electrons. The number of nitrogens with one attached hydrogen (secondary N) is 2. The summed E-state index contributed by atoms with van der Waals surface area (Å²) >= 11 is 0. The number of aromatic nitrogens is 4. The van der Waals surface area contributed by atoms with Crippen LogP contribution in [0.3, 0.4) is 0 Å². The van der Waals surface area contributed by atoms with Gasteiger partial charge < -0.3 is 19.6 Å². The molecule has 0 unspecified atom stereocenters. The maximum atomic E-state index is 12.2. The van der Waals surface area contributed by atoms with Crippen molar-refractivity contribution in [2.45, 2.75) is 20.1 Å². The maximum Gasteiger partial charge on any atom is 0.253 e. The average Bonchev–Trinajstić information content (AvgIpc) is 3.19. The molecule has 0 spiro atoms. The molecule has 0 fully saturated rings. The minimum absolute atomic E-state index is 0.152. The fourth-order valence-corrected chi connectivity index (χ4v) is 2.03. The zero-order chi connectivity index (χ0) is 15.4. The van der Waals surface area contributed by atoms with Crippen molar-refractivity contribution in [2.24, 2.45) is 0 Å². The number of fused-ring (bicyclic) bond motifs is 1. The summed E-state index contributed by atoms with van der Waals surface area (Å²) in [6, 6.07) is 1.83. The number of carbonyl (C=O) groups excluding carboxylic acids is 1. The van der Waals surface area contributed by atoms with E-state index in [4.69, 9.17) is 9.26 Å². The van der Waals surface area contributed by atoms with Gasteiger partial charge >= 0.3 is 0 Å². The van der Waals surface area contributed by atoms with Crippen LogP contribution in [0.5, 0.6) is 0 Å². The summed E-state index contributed by atoms with van der Waals surface area (Å²) in [5.74, 6) is 0.542. The van der Waals surface area contributed by atoms with Crippen molar-refractivity contribution in [3.8, 4) is 0 Å². The summed E-state index contributed by atoms with van der Waals surface area (Å²) < 4.78 is 10.2. The van der Waals surface area contributed by atoms with Gasteiger partial charge in [-0.1, -0.05) is 5.16 Å². The average molecular weight is 301 g/mol. The molecule has 1 amide bonds. The number of aromatic amines is 1. The Morgan fingerprint density at radius 1 is 1.45 bits per heavy atom. The predicted molar refractivity (Wildman–Crippen MR) is 76.9 cm³/mol. The van der Waals surface area contributed by atoms with Crippen LogP contribution in [-0.4, -0.2) is 32.6 Å². The van der Waals surface area contributed by atoms with Crippen LogP contribution in [0.15, 0.2) is 29.2 Å². The van der Waals surface area contributed by atoms with E-state index in [1.165, 1.54) is 6.20 Å². The van der Waals surface area contributed by atoms with Crippen molar-refractivity contribution in [3.63, 3.8) is 0 Å². The molecule has 0 aliphatic carbocycles. The number of hydrogen-bond acceptors (Lipinski definition) is 6. The Bertz CT molecular complexity index is 779. The van der Waals surface area contributed by atoms with Gasteiger partial charge in [0, 0.05) is 24.4 Å². The predicted octanol–water partition coefficient (Wildman–Crippen LogP) is 1.41. The Balaban J connectivity index is 1.65. The second kappa shape index (κ2) is 6.35. The van der Waals surface area contributed by atoms with E-state index in [0.29, 0.717) is 30.5 Å². The van der Waals surface area contributed by atoms with Crippen LogP contribution in [0.4, 0.5) is 0 Å². The van der Waals surface area contributed by atoms with Gasteiger partial charge in [0.25, 0.3) is 5.91 Å². The van der Waals surface area contributed by atoms with Crippen LogP contribution < -0.4 is 5.32 Å². The Kier molecular flexibility index (Phi) is 4.10. The number of carbonyl (C=O) groups is 1. The normalized spacial score (nSPS) is 11.0. The largest absolute Gasteiger partial charge is 0.374 e. The SMILES string of the molecule is CCOCc1noc(CNC(=O)c2cncc3[nH]ccc23)n1. The number of H-pyrrole nitrogens is 1. The Labute approximate surface area is 125 Å². The van der Waals surface area contributed by atoms with Crippen LogP contribution in [0.1, 0.15) is 29.0 Å². The Morgan fingerprint density at radius 3 is 3.23 bits per heavy atom. The van der Waals surface area contributed by atoms with Crippen molar-refractivity contribution in [1.82, 2.24) is 25.4 Å². The van der Waals surface area contributed by atoms with E-state index in [1.54, 1.807) is 12.4 Å². The molecule has 0 aliphatic rings. The van der Waals surface area contributed by atoms with Gasteiger partial charge in [0.2, 0.25) is 5.89 Å². The molecule has 8 heteroatoms. The van der Waals surface area contributed by atoms with E-state index < -0.39 is 0 Å². The molecule has 22 heavy (non-hydrogen) atoms. The molecule has 3 aromatic rings. The third kappa shape index (κ3) is 2.96. The number of amides is 1. The smallest absolute Gasteiger partial charge is 0.253 e. The molecule has 0 bridgehead atoms. The molecule has 8 nitrogen and oxygen atoms in total. The summed E-state index contributed by atoms with van der Waals surface area (Å²) in [6.07, 6.45) is 4.96. The van der Waals surface area contributed by atoms with Crippen molar-refractivity contribution in [1.29, 1.82) is 0 Å². The van der Waals surface area contributed by atoms with E-state index in [1.807, 2.05) is 13.0 Å². The van der Waals surface area contributed by atoms with E-state index in [0.717, 1.165) is 10.9 Å². The van der Waals surface area contributed by atoms with Crippen molar-refractivity contribution < 1.29 is 14.1 Å². The summed E-state index contributed by atoms with van der Waals surface area (Å²) in [7, 11) is 0. The highest BCUT2D eigenvalue weighted by Crippen LogP contribution is 2.15. The lowest BCUT2D eigenvalue weighted by Gasteiger charge is -2.03. The monoisotopic (exact) mass is 301 g/mol. The van der Waals surface area contributed by atoms with Crippen molar-refractivity contribution in [3.05, 3.63) is 41.9 Å². The van der Waals surface area contributed by atoms with Crippen LogP contribution in [0, 0.1) is 0 Å². The second-order valence-electron chi connectivity index (χ2n) is 4.55. The van der Waals surface area contributed by atoms with Gasteiger partial charge in [0.1, 0.15) is 6.61 Å². The number of pyridine rings is 1. The quantitative estimate of drug-likeness (QED) is 0.713. The van der Waals surface area contributed by atoms with Crippen LogP contribution in [0.2, 0.25) is 0 Å². The first-order valence-electron chi connectivity index (χ1n) is 6.86. The van der Waals surface area contributed by atoms with E-state index in [2.05, 4.69) is 25.4 Å². The molecule has 0 aromatic carbocycles. The first-order valence-corrected chi connectivity index (χ1v) is 6.86. The van der Waals surface area contributed by atoms with Crippen LogP contribution in [-0.2, 0) is 17.9 Å². The van der Waals surface area contributed by atoms with Gasteiger partial charge in [-0.15, -0.1) is 0 Å². The summed E-state index contributed by atoms with van der Waals surface area (Å²) in [5, 5.41) is 7.32. The summed E-state index contributed by atoms with van der Waals surface area (Å²) in [6.45, 7) is 2.91. The first kappa shape index (κ1) is 14.2. The number of nitrogens with zero attached hydrogens (tertiary/aromatic N) is 3. The highest BCUT2D eigenvalue weighted by atomic mass is 16.5. The third-order valence-electron chi connectivity index (χ3n) is 3.07. The minimum atomic E-state index is -0.248. The van der Waals surface area contributed by atoms with Crippen molar-refractivity contribution >= 4 is 16.8 Å². The lowest BCUT2D eigenvalue weighted by atomic mass is 10.2. The highest BCUT2D eigenvalue weighted by molar-refractivity contribution is 6.05. The molecule has 3 heterocycles. The molecule has 2 N–H and O–H groups in total. The zero-order valence-electron chi connectivity index (χ0n) is 12.0. The van der Waals surface area contributed by atoms with Crippen molar-refractivity contribution in [2.75, 3.05) is 6.61 Å². The van der Waals surface area contributed by atoms with Gasteiger partial charge in [-0.3, -0.25) is 9.78 Å². The fourth-order valence-electron chi connectivity index (χ4n) is 2.03. The maximum absolute atomic E-state index is 12.2. The third-order valence-corrected chi connectivity index (χ3v) is 3.07. The lowest BCUT2D eigenvalue weighted by Crippen LogP contribution is -2.23. The van der Waals surface area contributed by atoms with Gasteiger partial charge in [-0.25, -0.2) is 0 Å². The molecule has 3 rings (SSSR count). The molecular formula is C14H15N5O3. The number of rotatable bonds is 6. The lowest BCUT2D eigenvalue weighted by molar-refractivity contribution is 0.0947. The second-order valence-corrected chi connectivity index (χ2v) is 4.55. The van der Waals surface area contributed by atoms with Gasteiger partial charge in [0.15, 0.2) is 5.82 Å². The van der Waals surface area contributed by atoms with E-state index in [9.17, 15) is 4.79 Å². The van der Waals surface area contributed by atoms with Gasteiger partial charge in [-0.2, -0.15) is 4.98 Å². The Hall–Kier alpha value is -2.74. The highest BCUT2D eigenvalue weighted by Gasteiger charge is 2.13. The molecule has 0 aliphatic heterocycles. The van der Waals surface area contributed by atoms with Gasteiger partial charge in [-0.05, 0) is 13.0 Å². The molecule has 0 saturated carbocycles. The van der Waals surface area contributed by atoms with E-state index in [-0.39, 0.29) is 12.5 Å². The topological polar surface area (TPSA) is 106 Å². The summed E-state index contributed by atoms with van der Waals surface area (Å²) in [5.41, 5.74) is 1.30. The Morgan fingerprint density at radius 2 is 2.36 bits per heavy atom. The van der Waals surface area contributed by atoms with Crippen LogP contribution >= 0.6 is 0 Å². The minimum Gasteiger partial charge on any atom is -0.374 e. The molecule has 3 aromatic heterocycles. The number of hydrogen-bond donors (Lipinski definition) is 2. The molecular weight excluding hydrogens is 286 g/mol. The molecule has 0 saturated heterocycles. The zero-order valence-corrected chi connectivity index (χ0v) is 12.0. The van der Waals surface area contributed by atoms with Crippen LogP contribution in [0.25, 0.3) is 10.9 Å². The molecule has 0 atom stereocenters. The number of ether oxygens (including phenoxy) is 1. The summed E-state index contributed by atoms with van der Waals surface area (Å²) in [4.78, 5) is 23.4. The molecule has 114 valence electrons. The van der Waals surface area contributed by atoms with Gasteiger partial charge in [0.05, 0.1) is 23.8 Å². The fraction of sp³-hybridized carbons (Fsp3) is 0.286.